The number of rotatable bonds is 5. The first kappa shape index (κ1) is 12.6. The third kappa shape index (κ3) is 2.37. The van der Waals surface area contributed by atoms with Gasteiger partial charge in [-0.05, 0) is 37.4 Å². The van der Waals surface area contributed by atoms with Crippen LogP contribution in [-0.2, 0) is 6.42 Å². The second kappa shape index (κ2) is 5.63. The molecule has 2 rings (SSSR count). The first-order valence-corrected chi connectivity index (χ1v) is 6.92. The monoisotopic (exact) mass is 232 g/mol. The van der Waals surface area contributed by atoms with Crippen LogP contribution in [-0.4, -0.2) is 18.1 Å². The van der Waals surface area contributed by atoms with E-state index in [0.29, 0.717) is 12.0 Å². The molecule has 2 heteroatoms. The van der Waals surface area contributed by atoms with Gasteiger partial charge in [-0.1, -0.05) is 32.8 Å². The molecule has 1 aromatic rings. The molecule has 1 aliphatic rings. The molecule has 0 aromatic carbocycles. The summed E-state index contributed by atoms with van der Waals surface area (Å²) >= 11 is 0. The highest BCUT2D eigenvalue weighted by Gasteiger charge is 2.33. The summed E-state index contributed by atoms with van der Waals surface area (Å²) in [6.07, 6.45) is 6.90. The Morgan fingerprint density at radius 1 is 1.41 bits per heavy atom. The molecule has 0 fully saturated rings. The Morgan fingerprint density at radius 2 is 2.18 bits per heavy atom. The van der Waals surface area contributed by atoms with Gasteiger partial charge in [-0.2, -0.15) is 0 Å². The third-order valence-corrected chi connectivity index (χ3v) is 4.33. The predicted octanol–water partition coefficient (Wildman–Crippen LogP) is 3.14. The molecule has 0 amide bonds. The van der Waals surface area contributed by atoms with Crippen LogP contribution in [0, 0.1) is 5.92 Å². The van der Waals surface area contributed by atoms with Crippen molar-refractivity contribution < 1.29 is 0 Å². The lowest BCUT2D eigenvalue weighted by molar-refractivity contribution is 0.301. The topological polar surface area (TPSA) is 24.9 Å². The van der Waals surface area contributed by atoms with Crippen LogP contribution in [0.4, 0.5) is 0 Å². The highest BCUT2D eigenvalue weighted by molar-refractivity contribution is 5.30. The van der Waals surface area contributed by atoms with Gasteiger partial charge in [0, 0.05) is 23.9 Å². The summed E-state index contributed by atoms with van der Waals surface area (Å²) in [6, 6.07) is 4.88. The minimum atomic E-state index is 0.584. The standard InChI is InChI=1S/C15H24N2/c1-4-11(5-2)14(16-3)13-9-8-12-7-6-10-17-15(12)13/h6-7,10-11,13-14,16H,4-5,8-9H2,1-3H3. The molecule has 2 unspecified atom stereocenters. The fourth-order valence-electron chi connectivity index (χ4n) is 3.36. The normalized spacial score (nSPS) is 20.6. The first-order chi connectivity index (χ1) is 8.31. The fraction of sp³-hybridized carbons (Fsp3) is 0.667. The van der Waals surface area contributed by atoms with E-state index in [1.165, 1.54) is 36.9 Å². The predicted molar refractivity (Wildman–Crippen MR) is 72.2 cm³/mol. The smallest absolute Gasteiger partial charge is 0.0482 e. The summed E-state index contributed by atoms with van der Waals surface area (Å²) in [7, 11) is 2.10. The molecule has 94 valence electrons. The van der Waals surface area contributed by atoms with Gasteiger partial charge in [0.05, 0.1) is 0 Å². The molecule has 0 spiro atoms. The molecule has 0 bridgehead atoms. The fourth-order valence-corrected chi connectivity index (χ4v) is 3.36. The molecule has 1 aliphatic carbocycles. The molecule has 0 radical (unpaired) electrons. The molecule has 0 aliphatic heterocycles. The summed E-state index contributed by atoms with van der Waals surface area (Å²) in [5, 5.41) is 3.55. The molecule has 17 heavy (non-hydrogen) atoms. The molecule has 1 heterocycles. The Morgan fingerprint density at radius 3 is 2.82 bits per heavy atom. The van der Waals surface area contributed by atoms with Gasteiger partial charge in [-0.25, -0.2) is 0 Å². The van der Waals surface area contributed by atoms with E-state index >= 15 is 0 Å². The van der Waals surface area contributed by atoms with Crippen LogP contribution in [0.15, 0.2) is 18.3 Å². The van der Waals surface area contributed by atoms with Crippen molar-refractivity contribution in [2.45, 2.75) is 51.5 Å². The van der Waals surface area contributed by atoms with Crippen molar-refractivity contribution in [3.05, 3.63) is 29.6 Å². The van der Waals surface area contributed by atoms with Crippen molar-refractivity contribution in [1.29, 1.82) is 0 Å². The number of hydrogen-bond acceptors (Lipinski definition) is 2. The van der Waals surface area contributed by atoms with Gasteiger partial charge in [0.1, 0.15) is 0 Å². The quantitative estimate of drug-likeness (QED) is 0.843. The summed E-state index contributed by atoms with van der Waals surface area (Å²) in [5.41, 5.74) is 2.81. The lowest BCUT2D eigenvalue weighted by atomic mass is 9.83. The average Bonchev–Trinajstić information content (AvgIpc) is 2.79. The molecule has 2 atom stereocenters. The lowest BCUT2D eigenvalue weighted by Crippen LogP contribution is -2.38. The van der Waals surface area contributed by atoms with Gasteiger partial charge in [0.25, 0.3) is 0 Å². The number of hydrogen-bond donors (Lipinski definition) is 1. The number of fused-ring (bicyclic) bond motifs is 1. The molecule has 0 saturated heterocycles. The SMILES string of the molecule is CCC(CC)C(NC)C1CCc2cccnc21. The Labute approximate surface area is 105 Å². The van der Waals surface area contributed by atoms with E-state index in [1.807, 2.05) is 6.20 Å². The third-order valence-electron chi connectivity index (χ3n) is 4.33. The highest BCUT2D eigenvalue weighted by atomic mass is 14.9. The summed E-state index contributed by atoms with van der Waals surface area (Å²) in [4.78, 5) is 4.62. The summed E-state index contributed by atoms with van der Waals surface area (Å²) in [6.45, 7) is 4.60. The van der Waals surface area contributed by atoms with Crippen LogP contribution in [0.2, 0.25) is 0 Å². The Balaban J connectivity index is 2.22. The van der Waals surface area contributed by atoms with E-state index in [-0.39, 0.29) is 0 Å². The number of aromatic nitrogens is 1. The zero-order chi connectivity index (χ0) is 12.3. The van der Waals surface area contributed by atoms with Crippen LogP contribution in [0.3, 0.4) is 0 Å². The molecule has 2 nitrogen and oxygen atoms in total. The van der Waals surface area contributed by atoms with Crippen LogP contribution < -0.4 is 5.32 Å². The van der Waals surface area contributed by atoms with Crippen LogP contribution in [0.5, 0.6) is 0 Å². The highest BCUT2D eigenvalue weighted by Crippen LogP contribution is 2.37. The van der Waals surface area contributed by atoms with Gasteiger partial charge in [-0.3, -0.25) is 4.98 Å². The van der Waals surface area contributed by atoms with Gasteiger partial charge in [0.2, 0.25) is 0 Å². The van der Waals surface area contributed by atoms with E-state index in [0.717, 1.165) is 5.92 Å². The van der Waals surface area contributed by atoms with E-state index in [1.54, 1.807) is 0 Å². The minimum absolute atomic E-state index is 0.584. The van der Waals surface area contributed by atoms with Gasteiger partial charge >= 0.3 is 0 Å². The molecule has 0 saturated carbocycles. The number of nitrogens with one attached hydrogen (secondary N) is 1. The van der Waals surface area contributed by atoms with E-state index in [4.69, 9.17) is 0 Å². The summed E-state index contributed by atoms with van der Waals surface area (Å²) < 4.78 is 0. The Bertz CT molecular complexity index is 358. The first-order valence-electron chi connectivity index (χ1n) is 6.92. The number of aryl methyl sites for hydroxylation is 1. The number of nitrogens with zero attached hydrogens (tertiary/aromatic N) is 1. The second-order valence-electron chi connectivity index (χ2n) is 5.08. The van der Waals surface area contributed by atoms with Crippen molar-refractivity contribution in [2.75, 3.05) is 7.05 Å². The molecule has 1 aromatic heterocycles. The van der Waals surface area contributed by atoms with Gasteiger partial charge in [-0.15, -0.1) is 0 Å². The minimum Gasteiger partial charge on any atom is -0.316 e. The maximum Gasteiger partial charge on any atom is 0.0482 e. The molecule has 1 N–H and O–H groups in total. The van der Waals surface area contributed by atoms with Crippen LogP contribution >= 0.6 is 0 Å². The van der Waals surface area contributed by atoms with Crippen molar-refractivity contribution in [1.82, 2.24) is 10.3 Å². The Hall–Kier alpha value is -0.890. The Kier molecular flexibility index (Phi) is 4.16. The van der Waals surface area contributed by atoms with E-state index in [2.05, 4.69) is 43.3 Å². The zero-order valence-corrected chi connectivity index (χ0v) is 11.2. The van der Waals surface area contributed by atoms with Crippen molar-refractivity contribution in [3.63, 3.8) is 0 Å². The second-order valence-corrected chi connectivity index (χ2v) is 5.08. The maximum atomic E-state index is 4.62. The zero-order valence-electron chi connectivity index (χ0n) is 11.2. The van der Waals surface area contributed by atoms with Crippen molar-refractivity contribution in [3.8, 4) is 0 Å². The summed E-state index contributed by atoms with van der Waals surface area (Å²) in [5.74, 6) is 1.37. The number of pyridine rings is 1. The lowest BCUT2D eigenvalue weighted by Gasteiger charge is -2.30. The average molecular weight is 232 g/mol. The van der Waals surface area contributed by atoms with Gasteiger partial charge in [0.15, 0.2) is 0 Å². The van der Waals surface area contributed by atoms with Crippen molar-refractivity contribution >= 4 is 0 Å². The van der Waals surface area contributed by atoms with Gasteiger partial charge < -0.3 is 5.32 Å². The molecular formula is C15H24N2. The largest absolute Gasteiger partial charge is 0.316 e. The van der Waals surface area contributed by atoms with E-state index in [9.17, 15) is 0 Å². The van der Waals surface area contributed by atoms with Crippen LogP contribution in [0.25, 0.3) is 0 Å². The molecular weight excluding hydrogens is 208 g/mol. The van der Waals surface area contributed by atoms with Crippen LogP contribution in [0.1, 0.15) is 50.3 Å². The van der Waals surface area contributed by atoms with E-state index < -0.39 is 0 Å². The van der Waals surface area contributed by atoms with Crippen molar-refractivity contribution in [2.24, 2.45) is 5.92 Å². The number of likely N-dealkylation sites (N-methyl/N-ethyl adjacent to an activating group) is 1. The maximum absolute atomic E-state index is 4.62.